The molecule has 0 saturated heterocycles. The molecule has 0 fully saturated rings. The van der Waals surface area contributed by atoms with E-state index in [1.54, 1.807) is 17.9 Å². The number of methoxy groups -OCH3 is 2. The van der Waals surface area contributed by atoms with Crippen LogP contribution in [0.1, 0.15) is 16.1 Å². The van der Waals surface area contributed by atoms with Gasteiger partial charge in [0.1, 0.15) is 0 Å². The van der Waals surface area contributed by atoms with Crippen LogP contribution in [0.5, 0.6) is 0 Å². The predicted octanol–water partition coefficient (Wildman–Crippen LogP) is 1.55. The SMILES string of the molecule is COCCc1nn(C)c2ccc(C(=O)OC)cc12. The van der Waals surface area contributed by atoms with Crippen molar-refractivity contribution in [2.75, 3.05) is 20.8 Å². The molecule has 18 heavy (non-hydrogen) atoms. The first-order valence-electron chi connectivity index (χ1n) is 5.70. The van der Waals surface area contributed by atoms with Crippen molar-refractivity contribution in [3.8, 4) is 0 Å². The number of aryl methyl sites for hydroxylation is 1. The minimum absolute atomic E-state index is 0.335. The van der Waals surface area contributed by atoms with E-state index in [0.29, 0.717) is 12.2 Å². The van der Waals surface area contributed by atoms with Gasteiger partial charge in [-0.25, -0.2) is 4.79 Å². The first-order valence-corrected chi connectivity index (χ1v) is 5.70. The fourth-order valence-electron chi connectivity index (χ4n) is 1.97. The lowest BCUT2D eigenvalue weighted by atomic mass is 10.1. The van der Waals surface area contributed by atoms with Crippen LogP contribution in [0.25, 0.3) is 10.9 Å². The number of nitrogens with zero attached hydrogens (tertiary/aromatic N) is 2. The molecule has 2 rings (SSSR count). The van der Waals surface area contributed by atoms with Crippen LogP contribution >= 0.6 is 0 Å². The Kier molecular flexibility index (Phi) is 3.62. The summed E-state index contributed by atoms with van der Waals surface area (Å²) in [4.78, 5) is 11.5. The highest BCUT2D eigenvalue weighted by Gasteiger charge is 2.12. The molecule has 0 aliphatic carbocycles. The van der Waals surface area contributed by atoms with E-state index in [-0.39, 0.29) is 5.97 Å². The zero-order valence-corrected chi connectivity index (χ0v) is 10.8. The number of benzene rings is 1. The zero-order valence-electron chi connectivity index (χ0n) is 10.8. The predicted molar refractivity (Wildman–Crippen MR) is 67.6 cm³/mol. The molecule has 1 heterocycles. The van der Waals surface area contributed by atoms with Crippen molar-refractivity contribution >= 4 is 16.9 Å². The molecule has 0 saturated carbocycles. The molecule has 0 aliphatic rings. The molecular formula is C13H16N2O3. The molecule has 96 valence electrons. The summed E-state index contributed by atoms with van der Waals surface area (Å²) >= 11 is 0. The Balaban J connectivity index is 2.48. The van der Waals surface area contributed by atoms with E-state index in [4.69, 9.17) is 9.47 Å². The second-order valence-corrected chi connectivity index (χ2v) is 4.04. The highest BCUT2D eigenvalue weighted by atomic mass is 16.5. The second kappa shape index (κ2) is 5.18. The normalized spacial score (nSPS) is 10.8. The van der Waals surface area contributed by atoms with Crippen LogP contribution in [0.3, 0.4) is 0 Å². The Morgan fingerprint density at radius 2 is 2.17 bits per heavy atom. The number of ether oxygens (including phenoxy) is 2. The molecule has 0 aliphatic heterocycles. The highest BCUT2D eigenvalue weighted by molar-refractivity contribution is 5.95. The Labute approximate surface area is 105 Å². The van der Waals surface area contributed by atoms with E-state index in [2.05, 4.69) is 5.10 Å². The van der Waals surface area contributed by atoms with E-state index in [1.807, 2.05) is 19.2 Å². The fraction of sp³-hybridized carbons (Fsp3) is 0.385. The van der Waals surface area contributed by atoms with Crippen LogP contribution in [-0.4, -0.2) is 36.6 Å². The van der Waals surface area contributed by atoms with E-state index < -0.39 is 0 Å². The van der Waals surface area contributed by atoms with Crippen molar-refractivity contribution in [1.82, 2.24) is 9.78 Å². The van der Waals surface area contributed by atoms with Gasteiger partial charge in [0.15, 0.2) is 0 Å². The van der Waals surface area contributed by atoms with Crippen LogP contribution in [0.2, 0.25) is 0 Å². The van der Waals surface area contributed by atoms with Gasteiger partial charge in [0.2, 0.25) is 0 Å². The van der Waals surface area contributed by atoms with Crippen LogP contribution in [-0.2, 0) is 22.9 Å². The van der Waals surface area contributed by atoms with Gasteiger partial charge in [0, 0.05) is 26.0 Å². The molecular weight excluding hydrogens is 232 g/mol. The summed E-state index contributed by atoms with van der Waals surface area (Å²) in [5.41, 5.74) is 2.46. The topological polar surface area (TPSA) is 53.4 Å². The molecule has 0 N–H and O–H groups in total. The molecule has 0 spiro atoms. The summed E-state index contributed by atoms with van der Waals surface area (Å²) in [6, 6.07) is 5.44. The summed E-state index contributed by atoms with van der Waals surface area (Å²) in [7, 11) is 4.92. The first-order chi connectivity index (χ1) is 8.67. The van der Waals surface area contributed by atoms with Gasteiger partial charge in [0.25, 0.3) is 0 Å². The van der Waals surface area contributed by atoms with Crippen molar-refractivity contribution in [3.63, 3.8) is 0 Å². The van der Waals surface area contributed by atoms with E-state index in [0.717, 1.165) is 23.0 Å². The maximum absolute atomic E-state index is 11.5. The average Bonchev–Trinajstić information content (AvgIpc) is 2.71. The van der Waals surface area contributed by atoms with Gasteiger partial charge in [-0.15, -0.1) is 0 Å². The molecule has 5 heteroatoms. The Morgan fingerprint density at radius 3 is 2.83 bits per heavy atom. The van der Waals surface area contributed by atoms with Crippen molar-refractivity contribution in [2.24, 2.45) is 7.05 Å². The first kappa shape index (κ1) is 12.6. The number of hydrogen-bond donors (Lipinski definition) is 0. The third kappa shape index (κ3) is 2.22. The molecule has 2 aromatic rings. The lowest BCUT2D eigenvalue weighted by Gasteiger charge is -2.00. The van der Waals surface area contributed by atoms with E-state index in [1.165, 1.54) is 7.11 Å². The van der Waals surface area contributed by atoms with Crippen molar-refractivity contribution < 1.29 is 14.3 Å². The number of aromatic nitrogens is 2. The summed E-state index contributed by atoms with van der Waals surface area (Å²) in [6.45, 7) is 0.606. The Morgan fingerprint density at radius 1 is 1.39 bits per heavy atom. The Hall–Kier alpha value is -1.88. The molecule has 0 unspecified atom stereocenters. The van der Waals surface area contributed by atoms with Gasteiger partial charge < -0.3 is 9.47 Å². The second-order valence-electron chi connectivity index (χ2n) is 4.04. The van der Waals surface area contributed by atoms with Crippen LogP contribution in [0.15, 0.2) is 18.2 Å². The fourth-order valence-corrected chi connectivity index (χ4v) is 1.97. The van der Waals surface area contributed by atoms with Gasteiger partial charge in [-0.2, -0.15) is 5.10 Å². The average molecular weight is 248 g/mol. The van der Waals surface area contributed by atoms with Gasteiger partial charge in [-0.3, -0.25) is 4.68 Å². The van der Waals surface area contributed by atoms with Crippen LogP contribution < -0.4 is 0 Å². The van der Waals surface area contributed by atoms with Crippen LogP contribution in [0.4, 0.5) is 0 Å². The maximum Gasteiger partial charge on any atom is 0.337 e. The minimum atomic E-state index is -0.335. The lowest BCUT2D eigenvalue weighted by Crippen LogP contribution is -2.01. The highest BCUT2D eigenvalue weighted by Crippen LogP contribution is 2.20. The standard InChI is InChI=1S/C13H16N2O3/c1-15-12-5-4-9(13(16)18-3)8-10(12)11(14-15)6-7-17-2/h4-5,8H,6-7H2,1-3H3. The smallest absolute Gasteiger partial charge is 0.337 e. The minimum Gasteiger partial charge on any atom is -0.465 e. The van der Waals surface area contributed by atoms with Gasteiger partial charge in [-0.1, -0.05) is 0 Å². The van der Waals surface area contributed by atoms with E-state index in [9.17, 15) is 4.79 Å². The van der Waals surface area contributed by atoms with Crippen LogP contribution in [0, 0.1) is 0 Å². The molecule has 1 aromatic carbocycles. The zero-order chi connectivity index (χ0) is 13.1. The summed E-state index contributed by atoms with van der Waals surface area (Å²) in [6.07, 6.45) is 0.721. The third-order valence-corrected chi connectivity index (χ3v) is 2.89. The number of carbonyl (C=O) groups excluding carboxylic acids is 1. The quantitative estimate of drug-likeness (QED) is 0.770. The van der Waals surface area contributed by atoms with Gasteiger partial charge in [0.05, 0.1) is 30.5 Å². The Bertz CT molecular complexity index is 575. The molecule has 0 radical (unpaired) electrons. The number of carbonyl (C=O) groups is 1. The lowest BCUT2D eigenvalue weighted by molar-refractivity contribution is 0.0601. The maximum atomic E-state index is 11.5. The third-order valence-electron chi connectivity index (χ3n) is 2.89. The largest absolute Gasteiger partial charge is 0.465 e. The van der Waals surface area contributed by atoms with Gasteiger partial charge in [-0.05, 0) is 18.2 Å². The molecule has 5 nitrogen and oxygen atoms in total. The monoisotopic (exact) mass is 248 g/mol. The van der Waals surface area contributed by atoms with Crippen molar-refractivity contribution in [1.29, 1.82) is 0 Å². The molecule has 0 bridgehead atoms. The van der Waals surface area contributed by atoms with E-state index >= 15 is 0 Å². The van der Waals surface area contributed by atoms with Crippen molar-refractivity contribution in [3.05, 3.63) is 29.5 Å². The number of fused-ring (bicyclic) bond motifs is 1. The number of rotatable bonds is 4. The summed E-state index contributed by atoms with van der Waals surface area (Å²) < 4.78 is 11.6. The molecule has 1 aromatic heterocycles. The number of esters is 1. The number of hydrogen-bond acceptors (Lipinski definition) is 4. The molecule has 0 atom stereocenters. The van der Waals surface area contributed by atoms with Gasteiger partial charge >= 0.3 is 5.97 Å². The summed E-state index contributed by atoms with van der Waals surface area (Å²) in [5.74, 6) is -0.335. The summed E-state index contributed by atoms with van der Waals surface area (Å²) in [5, 5.41) is 5.41. The molecule has 0 amide bonds. The van der Waals surface area contributed by atoms with Crippen molar-refractivity contribution in [2.45, 2.75) is 6.42 Å².